The molecule has 1 heterocycles. The molecule has 2 amide bonds. The average molecular weight is 286 g/mol. The summed E-state index contributed by atoms with van der Waals surface area (Å²) in [5.74, 6) is 0.326. The van der Waals surface area contributed by atoms with Gasteiger partial charge in [-0.05, 0) is 18.8 Å². The van der Waals surface area contributed by atoms with Crippen LogP contribution in [0, 0.1) is 5.92 Å². The molecular formula is C14H26N2O4. The summed E-state index contributed by atoms with van der Waals surface area (Å²) >= 11 is 0. The fraction of sp³-hybridized carbons (Fsp3) is 0.857. The molecule has 1 atom stereocenters. The highest BCUT2D eigenvalue weighted by atomic mass is 16.5. The normalized spacial score (nSPS) is 19.6. The Kier molecular flexibility index (Phi) is 7.54. The molecule has 6 nitrogen and oxygen atoms in total. The van der Waals surface area contributed by atoms with E-state index in [9.17, 15) is 9.59 Å². The van der Waals surface area contributed by atoms with E-state index in [0.29, 0.717) is 38.7 Å². The van der Waals surface area contributed by atoms with E-state index in [1.54, 1.807) is 12.0 Å². The Morgan fingerprint density at radius 2 is 2.05 bits per heavy atom. The second-order valence-corrected chi connectivity index (χ2v) is 5.47. The Morgan fingerprint density at radius 3 is 2.70 bits per heavy atom. The van der Waals surface area contributed by atoms with Gasteiger partial charge in [0.15, 0.2) is 0 Å². The average Bonchev–Trinajstić information content (AvgIpc) is 2.38. The van der Waals surface area contributed by atoms with E-state index < -0.39 is 0 Å². The van der Waals surface area contributed by atoms with Crippen LogP contribution in [-0.4, -0.2) is 62.8 Å². The maximum absolute atomic E-state index is 12.2. The first-order chi connectivity index (χ1) is 9.54. The number of carbonyl (C=O) groups is 2. The van der Waals surface area contributed by atoms with Crippen molar-refractivity contribution in [2.75, 3.05) is 40.0 Å². The molecule has 0 aromatic heterocycles. The van der Waals surface area contributed by atoms with Crippen molar-refractivity contribution in [3.8, 4) is 0 Å². The summed E-state index contributed by atoms with van der Waals surface area (Å²) in [6.45, 7) is 6.51. The van der Waals surface area contributed by atoms with Gasteiger partial charge in [0, 0.05) is 20.3 Å². The van der Waals surface area contributed by atoms with Gasteiger partial charge in [-0.3, -0.25) is 9.59 Å². The van der Waals surface area contributed by atoms with Gasteiger partial charge in [0.25, 0.3) is 0 Å². The third-order valence-corrected chi connectivity index (χ3v) is 3.14. The number of carbonyl (C=O) groups excluding carboxylic acids is 2. The smallest absolute Gasteiger partial charge is 0.245 e. The van der Waals surface area contributed by atoms with E-state index in [1.165, 1.54) is 0 Å². The van der Waals surface area contributed by atoms with Crippen LogP contribution in [0.2, 0.25) is 0 Å². The lowest BCUT2D eigenvalue weighted by Gasteiger charge is -2.33. The zero-order valence-corrected chi connectivity index (χ0v) is 12.7. The van der Waals surface area contributed by atoms with Crippen LogP contribution in [0.3, 0.4) is 0 Å². The zero-order valence-electron chi connectivity index (χ0n) is 12.7. The largest absolute Gasteiger partial charge is 0.382 e. The molecule has 1 unspecified atom stereocenters. The predicted molar refractivity (Wildman–Crippen MR) is 75.3 cm³/mol. The molecule has 0 aromatic carbocycles. The second-order valence-electron chi connectivity index (χ2n) is 5.47. The van der Waals surface area contributed by atoms with Gasteiger partial charge in [-0.15, -0.1) is 0 Å². The predicted octanol–water partition coefficient (Wildman–Crippen LogP) is 0.413. The number of nitrogens with zero attached hydrogens (tertiary/aromatic N) is 1. The standard InChI is InChI=1S/C14H26N2O4/c1-11(2)9-12-14(18)16(10-13(17)15-12)5-4-6-20-8-7-19-3/h11-12H,4-10H2,1-3H3,(H,15,17). The number of piperazine rings is 1. The van der Waals surface area contributed by atoms with Crippen molar-refractivity contribution in [1.29, 1.82) is 0 Å². The SMILES string of the molecule is COCCOCCCN1CC(=O)NC(CC(C)C)C1=O. The van der Waals surface area contributed by atoms with Crippen molar-refractivity contribution < 1.29 is 19.1 Å². The third kappa shape index (κ3) is 5.88. The van der Waals surface area contributed by atoms with Crippen LogP contribution in [0.25, 0.3) is 0 Å². The fourth-order valence-electron chi connectivity index (χ4n) is 2.20. The summed E-state index contributed by atoms with van der Waals surface area (Å²) in [5, 5.41) is 2.77. The molecule has 116 valence electrons. The van der Waals surface area contributed by atoms with E-state index in [0.717, 1.165) is 6.42 Å². The van der Waals surface area contributed by atoms with E-state index in [1.807, 2.05) is 13.8 Å². The van der Waals surface area contributed by atoms with Crippen LogP contribution in [0.4, 0.5) is 0 Å². The Morgan fingerprint density at radius 1 is 1.30 bits per heavy atom. The zero-order chi connectivity index (χ0) is 15.0. The molecule has 0 aromatic rings. The summed E-state index contributed by atoms with van der Waals surface area (Å²) < 4.78 is 10.2. The van der Waals surface area contributed by atoms with E-state index in [2.05, 4.69) is 5.32 Å². The first-order valence-electron chi connectivity index (χ1n) is 7.19. The molecule has 0 aliphatic carbocycles. The van der Waals surface area contributed by atoms with E-state index in [4.69, 9.17) is 9.47 Å². The minimum absolute atomic E-state index is 0.0233. The van der Waals surface area contributed by atoms with E-state index in [-0.39, 0.29) is 24.4 Å². The number of amides is 2. The molecule has 1 aliphatic rings. The maximum atomic E-state index is 12.2. The Hall–Kier alpha value is -1.14. The minimum Gasteiger partial charge on any atom is -0.382 e. The van der Waals surface area contributed by atoms with Gasteiger partial charge in [-0.25, -0.2) is 0 Å². The van der Waals surface area contributed by atoms with Crippen LogP contribution in [0.5, 0.6) is 0 Å². The number of ether oxygens (including phenoxy) is 2. The lowest BCUT2D eigenvalue weighted by molar-refractivity contribution is -0.144. The van der Waals surface area contributed by atoms with Crippen LogP contribution in [-0.2, 0) is 19.1 Å². The van der Waals surface area contributed by atoms with Crippen LogP contribution in [0.1, 0.15) is 26.7 Å². The molecule has 1 fully saturated rings. The molecule has 0 bridgehead atoms. The lowest BCUT2D eigenvalue weighted by atomic mass is 10.0. The summed E-state index contributed by atoms with van der Waals surface area (Å²) in [7, 11) is 1.63. The first kappa shape index (κ1) is 16.9. The topological polar surface area (TPSA) is 67.9 Å². The molecule has 0 saturated carbocycles. The highest BCUT2D eigenvalue weighted by Gasteiger charge is 2.32. The van der Waals surface area contributed by atoms with Crippen molar-refractivity contribution in [2.45, 2.75) is 32.7 Å². The molecule has 1 aliphatic heterocycles. The van der Waals surface area contributed by atoms with Gasteiger partial charge in [0.05, 0.1) is 19.8 Å². The van der Waals surface area contributed by atoms with Crippen molar-refractivity contribution >= 4 is 11.8 Å². The molecule has 1 rings (SSSR count). The van der Waals surface area contributed by atoms with Crippen molar-refractivity contribution in [3.63, 3.8) is 0 Å². The van der Waals surface area contributed by atoms with Gasteiger partial charge in [0.1, 0.15) is 6.04 Å². The molecule has 6 heteroatoms. The van der Waals surface area contributed by atoms with Gasteiger partial charge in [-0.1, -0.05) is 13.8 Å². The minimum atomic E-state index is -0.370. The van der Waals surface area contributed by atoms with Gasteiger partial charge in [-0.2, -0.15) is 0 Å². The Labute approximate surface area is 120 Å². The van der Waals surface area contributed by atoms with Gasteiger partial charge in [0.2, 0.25) is 11.8 Å². The van der Waals surface area contributed by atoms with Crippen LogP contribution >= 0.6 is 0 Å². The molecule has 1 N–H and O–H groups in total. The lowest BCUT2D eigenvalue weighted by Crippen LogP contribution is -2.58. The molecule has 0 radical (unpaired) electrons. The Balaban J connectivity index is 2.32. The fourth-order valence-corrected chi connectivity index (χ4v) is 2.20. The monoisotopic (exact) mass is 286 g/mol. The van der Waals surface area contributed by atoms with Gasteiger partial charge >= 0.3 is 0 Å². The summed E-state index contributed by atoms with van der Waals surface area (Å²) in [6.07, 6.45) is 1.42. The highest BCUT2D eigenvalue weighted by Crippen LogP contribution is 2.11. The molecular weight excluding hydrogens is 260 g/mol. The van der Waals surface area contributed by atoms with Crippen molar-refractivity contribution in [3.05, 3.63) is 0 Å². The van der Waals surface area contributed by atoms with Gasteiger partial charge < -0.3 is 19.7 Å². The molecule has 1 saturated heterocycles. The van der Waals surface area contributed by atoms with Crippen LogP contribution < -0.4 is 5.32 Å². The number of nitrogens with one attached hydrogen (secondary N) is 1. The highest BCUT2D eigenvalue weighted by molar-refractivity contribution is 5.94. The summed E-state index contributed by atoms with van der Waals surface area (Å²) in [5.41, 5.74) is 0. The molecule has 20 heavy (non-hydrogen) atoms. The van der Waals surface area contributed by atoms with Crippen molar-refractivity contribution in [2.24, 2.45) is 5.92 Å². The number of methoxy groups -OCH3 is 1. The quantitative estimate of drug-likeness (QED) is 0.624. The number of hydrogen-bond donors (Lipinski definition) is 1. The van der Waals surface area contributed by atoms with Crippen molar-refractivity contribution in [1.82, 2.24) is 10.2 Å². The molecule has 0 spiro atoms. The van der Waals surface area contributed by atoms with Crippen LogP contribution in [0.15, 0.2) is 0 Å². The number of hydrogen-bond acceptors (Lipinski definition) is 4. The summed E-state index contributed by atoms with van der Waals surface area (Å²) in [6, 6.07) is -0.370. The second kappa shape index (κ2) is 8.92. The maximum Gasteiger partial charge on any atom is 0.245 e. The first-order valence-corrected chi connectivity index (χ1v) is 7.19. The summed E-state index contributed by atoms with van der Waals surface area (Å²) in [4.78, 5) is 25.5. The Bertz CT molecular complexity index is 320. The van der Waals surface area contributed by atoms with E-state index >= 15 is 0 Å². The third-order valence-electron chi connectivity index (χ3n) is 3.14. The number of rotatable bonds is 9.